The topological polar surface area (TPSA) is 76.1 Å². The van der Waals surface area contributed by atoms with E-state index in [1.807, 2.05) is 0 Å². The molecular weight excluding hydrogens is 214 g/mol. The van der Waals surface area contributed by atoms with E-state index in [1.165, 1.54) is 4.90 Å². The highest BCUT2D eigenvalue weighted by Gasteiger charge is 2.33. The van der Waals surface area contributed by atoms with E-state index in [4.69, 9.17) is 9.47 Å². The van der Waals surface area contributed by atoms with Gasteiger partial charge >= 0.3 is 5.97 Å². The van der Waals surface area contributed by atoms with Crippen LogP contribution in [0.1, 0.15) is 20.3 Å². The van der Waals surface area contributed by atoms with Crippen LogP contribution in [0, 0.1) is 0 Å². The van der Waals surface area contributed by atoms with Gasteiger partial charge in [-0.15, -0.1) is 0 Å². The predicted molar refractivity (Wildman–Crippen MR) is 54.4 cm³/mol. The first-order valence-corrected chi connectivity index (χ1v) is 5.12. The number of esters is 1. The summed E-state index contributed by atoms with van der Waals surface area (Å²) in [5, 5.41) is 9.42. The summed E-state index contributed by atoms with van der Waals surface area (Å²) >= 11 is 0. The number of rotatable bonds is 6. The molecule has 16 heavy (non-hydrogen) atoms. The molecule has 0 aromatic rings. The minimum Gasteiger partial charge on any atom is -0.443 e. The van der Waals surface area contributed by atoms with Crippen molar-refractivity contribution >= 4 is 12.4 Å². The molecule has 1 fully saturated rings. The third-order valence-corrected chi connectivity index (χ3v) is 2.30. The molecule has 0 aromatic carbocycles. The average Bonchev–Trinajstić information content (AvgIpc) is 2.53. The summed E-state index contributed by atoms with van der Waals surface area (Å²) in [5.41, 5.74) is -0.791. The monoisotopic (exact) mass is 231 g/mol. The van der Waals surface area contributed by atoms with Gasteiger partial charge in [-0.3, -0.25) is 9.69 Å². The van der Waals surface area contributed by atoms with Crippen LogP contribution in [0.4, 0.5) is 0 Å². The summed E-state index contributed by atoms with van der Waals surface area (Å²) in [4.78, 5) is 23.0. The molecule has 0 saturated carbocycles. The van der Waals surface area contributed by atoms with E-state index in [2.05, 4.69) is 0 Å². The second kappa shape index (κ2) is 5.27. The molecule has 6 nitrogen and oxygen atoms in total. The zero-order valence-corrected chi connectivity index (χ0v) is 9.51. The minimum atomic E-state index is -0.791. The van der Waals surface area contributed by atoms with E-state index in [0.717, 1.165) is 0 Å². The average molecular weight is 231 g/mol. The van der Waals surface area contributed by atoms with Crippen molar-refractivity contribution in [1.82, 2.24) is 4.90 Å². The molecule has 0 spiro atoms. The van der Waals surface area contributed by atoms with Crippen LogP contribution >= 0.6 is 0 Å². The van der Waals surface area contributed by atoms with Crippen molar-refractivity contribution < 1.29 is 24.2 Å². The summed E-state index contributed by atoms with van der Waals surface area (Å²) in [5.74, 6) is -0.449. The van der Waals surface area contributed by atoms with Crippen molar-refractivity contribution in [1.29, 1.82) is 0 Å². The number of cyclic esters (lactones) is 1. The van der Waals surface area contributed by atoms with Crippen LogP contribution in [0.25, 0.3) is 0 Å². The first-order chi connectivity index (χ1) is 7.44. The van der Waals surface area contributed by atoms with E-state index in [1.54, 1.807) is 13.8 Å². The highest BCUT2D eigenvalue weighted by atomic mass is 16.6. The standard InChI is InChI=1S/C10H17NO5/c1-10(2,14)3-4-15-5-8-9(13)16-7-11(8)6-12/h6,8,14H,3-5,7H2,1-2H3/t8-/m0/s1. The SMILES string of the molecule is CC(C)(O)CCOC[C@H]1C(=O)OCN1C=O. The summed E-state index contributed by atoms with van der Waals surface area (Å²) in [6, 6.07) is -0.653. The largest absolute Gasteiger partial charge is 0.443 e. The van der Waals surface area contributed by atoms with Gasteiger partial charge in [0.2, 0.25) is 6.41 Å². The maximum absolute atomic E-state index is 11.2. The first kappa shape index (κ1) is 12.9. The lowest BCUT2D eigenvalue weighted by atomic mass is 10.1. The van der Waals surface area contributed by atoms with Crippen molar-refractivity contribution in [3.05, 3.63) is 0 Å². The van der Waals surface area contributed by atoms with Crippen LogP contribution in [0.15, 0.2) is 0 Å². The highest BCUT2D eigenvalue weighted by molar-refractivity contribution is 5.80. The van der Waals surface area contributed by atoms with Crippen LogP contribution in [-0.2, 0) is 19.1 Å². The second-order valence-corrected chi connectivity index (χ2v) is 4.37. The zero-order chi connectivity index (χ0) is 12.2. The quantitative estimate of drug-likeness (QED) is 0.379. The van der Waals surface area contributed by atoms with Crippen molar-refractivity contribution in [2.45, 2.75) is 31.9 Å². The molecule has 1 aliphatic rings. The van der Waals surface area contributed by atoms with Crippen molar-refractivity contribution in [3.63, 3.8) is 0 Å². The maximum Gasteiger partial charge on any atom is 0.333 e. The van der Waals surface area contributed by atoms with Crippen LogP contribution in [-0.4, -0.2) is 54.0 Å². The fourth-order valence-corrected chi connectivity index (χ4v) is 1.24. The Morgan fingerprint density at radius 1 is 1.69 bits per heavy atom. The van der Waals surface area contributed by atoms with Gasteiger partial charge in [0.25, 0.3) is 0 Å². The predicted octanol–water partition coefficient (Wildman–Crippen LogP) is -0.495. The molecule has 0 aliphatic carbocycles. The summed E-state index contributed by atoms with van der Waals surface area (Å²) in [7, 11) is 0. The summed E-state index contributed by atoms with van der Waals surface area (Å²) < 4.78 is 9.93. The molecule has 1 N–H and O–H groups in total. The maximum atomic E-state index is 11.2. The second-order valence-electron chi connectivity index (χ2n) is 4.37. The Kier molecular flexibility index (Phi) is 4.26. The van der Waals surface area contributed by atoms with E-state index < -0.39 is 17.6 Å². The van der Waals surface area contributed by atoms with E-state index >= 15 is 0 Å². The Balaban J connectivity index is 2.26. The lowest BCUT2D eigenvalue weighted by Gasteiger charge is -2.18. The van der Waals surface area contributed by atoms with Crippen molar-refractivity contribution in [2.75, 3.05) is 19.9 Å². The number of nitrogens with zero attached hydrogens (tertiary/aromatic N) is 1. The summed E-state index contributed by atoms with van der Waals surface area (Å²) in [6.07, 6.45) is 1.03. The number of carbonyl (C=O) groups excluding carboxylic acids is 2. The highest BCUT2D eigenvalue weighted by Crippen LogP contribution is 2.11. The third-order valence-electron chi connectivity index (χ3n) is 2.30. The number of aliphatic hydroxyl groups is 1. The molecule has 1 amide bonds. The Morgan fingerprint density at radius 3 is 2.94 bits per heavy atom. The van der Waals surface area contributed by atoms with Gasteiger partial charge in [-0.25, -0.2) is 4.79 Å². The van der Waals surface area contributed by atoms with Crippen LogP contribution < -0.4 is 0 Å². The van der Waals surface area contributed by atoms with Gasteiger partial charge < -0.3 is 14.6 Å². The van der Waals surface area contributed by atoms with Crippen LogP contribution in [0.2, 0.25) is 0 Å². The number of amides is 1. The van der Waals surface area contributed by atoms with E-state index in [-0.39, 0.29) is 13.3 Å². The smallest absolute Gasteiger partial charge is 0.333 e. The molecule has 1 saturated heterocycles. The molecule has 92 valence electrons. The molecular formula is C10H17NO5. The first-order valence-electron chi connectivity index (χ1n) is 5.12. The molecule has 1 rings (SSSR count). The Morgan fingerprint density at radius 2 is 2.38 bits per heavy atom. The Bertz CT molecular complexity index is 260. The molecule has 0 bridgehead atoms. The third kappa shape index (κ3) is 3.79. The zero-order valence-electron chi connectivity index (χ0n) is 9.51. The van der Waals surface area contributed by atoms with Gasteiger partial charge in [0.1, 0.15) is 0 Å². The molecule has 1 heterocycles. The minimum absolute atomic E-state index is 0.0121. The number of carbonyl (C=O) groups is 2. The number of hydrogen-bond donors (Lipinski definition) is 1. The van der Waals surface area contributed by atoms with Crippen LogP contribution in [0.3, 0.4) is 0 Å². The van der Waals surface area contributed by atoms with E-state index in [0.29, 0.717) is 19.4 Å². The fraction of sp³-hybridized carbons (Fsp3) is 0.800. The molecule has 6 heteroatoms. The van der Waals surface area contributed by atoms with Gasteiger partial charge in [0.15, 0.2) is 12.8 Å². The molecule has 1 atom stereocenters. The molecule has 0 aromatic heterocycles. The number of hydrogen-bond acceptors (Lipinski definition) is 5. The van der Waals surface area contributed by atoms with Crippen molar-refractivity contribution in [3.8, 4) is 0 Å². The summed E-state index contributed by atoms with van der Waals surface area (Å²) in [6.45, 7) is 3.78. The molecule has 0 radical (unpaired) electrons. The lowest BCUT2D eigenvalue weighted by molar-refractivity contribution is -0.140. The lowest BCUT2D eigenvalue weighted by Crippen LogP contribution is -2.36. The van der Waals surface area contributed by atoms with E-state index in [9.17, 15) is 14.7 Å². The van der Waals surface area contributed by atoms with Gasteiger partial charge in [-0.05, 0) is 20.3 Å². The van der Waals surface area contributed by atoms with Crippen LogP contribution in [0.5, 0.6) is 0 Å². The molecule has 0 unspecified atom stereocenters. The molecule has 1 aliphatic heterocycles. The normalized spacial score (nSPS) is 21.1. The van der Waals surface area contributed by atoms with Gasteiger partial charge in [0.05, 0.1) is 12.2 Å². The fourth-order valence-electron chi connectivity index (χ4n) is 1.24. The van der Waals surface area contributed by atoms with Gasteiger partial charge in [0, 0.05) is 6.61 Å². The Hall–Kier alpha value is -1.14. The number of ether oxygens (including phenoxy) is 2. The van der Waals surface area contributed by atoms with Crippen molar-refractivity contribution in [2.24, 2.45) is 0 Å². The van der Waals surface area contributed by atoms with Gasteiger partial charge in [-0.2, -0.15) is 0 Å². The Labute approximate surface area is 94.1 Å². The van der Waals surface area contributed by atoms with Gasteiger partial charge in [-0.1, -0.05) is 0 Å².